The monoisotopic (exact) mass is 212 g/mol. The van der Waals surface area contributed by atoms with E-state index in [4.69, 9.17) is 0 Å². The molecule has 0 spiro atoms. The van der Waals surface area contributed by atoms with Crippen LogP contribution in [0.15, 0.2) is 16.8 Å². The van der Waals surface area contributed by atoms with Crippen LogP contribution >= 0.6 is 11.3 Å². The Bertz CT molecular complexity index is 259. The van der Waals surface area contributed by atoms with Crippen molar-refractivity contribution in [3.63, 3.8) is 0 Å². The Hall–Kier alpha value is -0.870. The van der Waals surface area contributed by atoms with Gasteiger partial charge in [0.05, 0.1) is 0 Å². The summed E-state index contributed by atoms with van der Waals surface area (Å²) in [6.45, 7) is 1.53. The van der Waals surface area contributed by atoms with E-state index in [9.17, 15) is 4.79 Å². The number of carbonyl (C=O) groups excluding carboxylic acids is 1. The first-order valence-corrected chi connectivity index (χ1v) is 5.69. The minimum atomic E-state index is 0.131. The van der Waals surface area contributed by atoms with E-state index in [2.05, 4.69) is 22.1 Å². The summed E-state index contributed by atoms with van der Waals surface area (Å²) in [5.74, 6) is 0.131. The van der Waals surface area contributed by atoms with Crippen LogP contribution in [0.2, 0.25) is 0 Å². The summed E-state index contributed by atoms with van der Waals surface area (Å²) in [5.41, 5.74) is 1.25. The summed E-state index contributed by atoms with van der Waals surface area (Å²) >= 11 is 1.67. The molecule has 14 heavy (non-hydrogen) atoms. The van der Waals surface area contributed by atoms with Gasteiger partial charge in [-0.05, 0) is 35.9 Å². The smallest absolute Gasteiger partial charge is 0.220 e. The number of amides is 1. The largest absolute Gasteiger partial charge is 0.355 e. The Labute approximate surface area is 88.5 Å². The summed E-state index contributed by atoms with van der Waals surface area (Å²) in [5, 5.41) is 9.95. The van der Waals surface area contributed by atoms with Crippen LogP contribution in [-0.2, 0) is 11.2 Å². The minimum absolute atomic E-state index is 0.131. The average Bonchev–Trinajstić information content (AvgIpc) is 2.68. The van der Waals surface area contributed by atoms with Crippen molar-refractivity contribution in [3.05, 3.63) is 22.4 Å². The minimum Gasteiger partial charge on any atom is -0.355 e. The Morgan fingerprint density at radius 2 is 2.36 bits per heavy atom. The van der Waals surface area contributed by atoms with Gasteiger partial charge in [0.15, 0.2) is 0 Å². The molecule has 0 aromatic carbocycles. The second kappa shape index (κ2) is 6.56. The Morgan fingerprint density at radius 1 is 1.50 bits per heavy atom. The molecule has 0 unspecified atom stereocenters. The van der Waals surface area contributed by atoms with E-state index < -0.39 is 0 Å². The highest BCUT2D eigenvalue weighted by Crippen LogP contribution is 2.07. The van der Waals surface area contributed by atoms with Crippen molar-refractivity contribution in [2.24, 2.45) is 0 Å². The van der Waals surface area contributed by atoms with Crippen LogP contribution in [0, 0.1) is 0 Å². The van der Waals surface area contributed by atoms with Gasteiger partial charge in [-0.15, -0.1) is 0 Å². The SMILES string of the molecule is CNCCNC(=O)CCc1ccsc1. The standard InChI is InChI=1S/C10H16N2OS/c1-11-5-6-12-10(13)3-2-9-4-7-14-8-9/h4,7-8,11H,2-3,5-6H2,1H3,(H,12,13). The van der Waals surface area contributed by atoms with Crippen molar-refractivity contribution in [1.82, 2.24) is 10.6 Å². The third kappa shape index (κ3) is 4.39. The molecule has 0 fully saturated rings. The van der Waals surface area contributed by atoms with Gasteiger partial charge in [-0.1, -0.05) is 0 Å². The topological polar surface area (TPSA) is 41.1 Å². The second-order valence-electron chi connectivity index (χ2n) is 3.09. The van der Waals surface area contributed by atoms with E-state index in [1.54, 1.807) is 11.3 Å². The number of aryl methyl sites for hydroxylation is 1. The first kappa shape index (κ1) is 11.2. The van der Waals surface area contributed by atoms with Crippen molar-refractivity contribution in [3.8, 4) is 0 Å². The number of rotatable bonds is 6. The third-order valence-electron chi connectivity index (χ3n) is 1.92. The van der Waals surface area contributed by atoms with Crippen LogP contribution < -0.4 is 10.6 Å². The molecule has 0 saturated carbocycles. The Kier molecular flexibility index (Phi) is 5.25. The molecule has 1 aromatic rings. The second-order valence-corrected chi connectivity index (χ2v) is 3.87. The molecule has 2 N–H and O–H groups in total. The van der Waals surface area contributed by atoms with E-state index in [1.165, 1.54) is 5.56 Å². The summed E-state index contributed by atoms with van der Waals surface area (Å²) in [6, 6.07) is 2.06. The van der Waals surface area contributed by atoms with E-state index in [0.29, 0.717) is 13.0 Å². The third-order valence-corrected chi connectivity index (χ3v) is 2.65. The number of hydrogen-bond donors (Lipinski definition) is 2. The number of carbonyl (C=O) groups is 1. The zero-order valence-corrected chi connectivity index (χ0v) is 9.19. The maximum atomic E-state index is 11.3. The fraction of sp³-hybridized carbons (Fsp3) is 0.500. The molecular weight excluding hydrogens is 196 g/mol. The normalized spacial score (nSPS) is 10.1. The van der Waals surface area contributed by atoms with Crippen LogP contribution in [0.3, 0.4) is 0 Å². The van der Waals surface area contributed by atoms with Gasteiger partial charge in [0.25, 0.3) is 0 Å². The lowest BCUT2D eigenvalue weighted by Crippen LogP contribution is -2.30. The Morgan fingerprint density at radius 3 is 3.00 bits per heavy atom. The van der Waals surface area contributed by atoms with Gasteiger partial charge in [0.2, 0.25) is 5.91 Å². The lowest BCUT2D eigenvalue weighted by molar-refractivity contribution is -0.121. The maximum Gasteiger partial charge on any atom is 0.220 e. The van der Waals surface area contributed by atoms with Crippen LogP contribution in [-0.4, -0.2) is 26.0 Å². The highest BCUT2D eigenvalue weighted by atomic mass is 32.1. The van der Waals surface area contributed by atoms with Crippen molar-refractivity contribution in [2.75, 3.05) is 20.1 Å². The first-order chi connectivity index (χ1) is 6.83. The predicted molar refractivity (Wildman–Crippen MR) is 59.6 cm³/mol. The molecule has 4 heteroatoms. The zero-order chi connectivity index (χ0) is 10.2. The molecule has 1 heterocycles. The lowest BCUT2D eigenvalue weighted by Gasteiger charge is -2.03. The fourth-order valence-electron chi connectivity index (χ4n) is 1.11. The van der Waals surface area contributed by atoms with Gasteiger partial charge in [0, 0.05) is 19.5 Å². The van der Waals surface area contributed by atoms with Crippen LogP contribution in [0.5, 0.6) is 0 Å². The number of likely N-dealkylation sites (N-methyl/N-ethyl adjacent to an activating group) is 1. The Balaban J connectivity index is 2.09. The fourth-order valence-corrected chi connectivity index (χ4v) is 1.81. The molecular formula is C10H16N2OS. The van der Waals surface area contributed by atoms with Gasteiger partial charge in [0.1, 0.15) is 0 Å². The molecule has 1 amide bonds. The molecule has 0 radical (unpaired) electrons. The molecule has 0 aliphatic heterocycles. The van der Waals surface area contributed by atoms with Crippen LogP contribution in [0.4, 0.5) is 0 Å². The van der Waals surface area contributed by atoms with E-state index in [1.807, 2.05) is 12.4 Å². The number of nitrogens with one attached hydrogen (secondary N) is 2. The highest BCUT2D eigenvalue weighted by molar-refractivity contribution is 7.07. The maximum absolute atomic E-state index is 11.3. The average molecular weight is 212 g/mol. The van der Waals surface area contributed by atoms with Crippen molar-refractivity contribution in [2.45, 2.75) is 12.8 Å². The summed E-state index contributed by atoms with van der Waals surface area (Å²) in [6.07, 6.45) is 1.43. The first-order valence-electron chi connectivity index (χ1n) is 4.75. The van der Waals surface area contributed by atoms with Crippen LogP contribution in [0.1, 0.15) is 12.0 Å². The van der Waals surface area contributed by atoms with Gasteiger partial charge >= 0.3 is 0 Å². The molecule has 1 rings (SSSR count). The van der Waals surface area contributed by atoms with E-state index >= 15 is 0 Å². The molecule has 0 aliphatic carbocycles. The predicted octanol–water partition coefficient (Wildman–Crippen LogP) is 1.02. The van der Waals surface area contributed by atoms with Crippen molar-refractivity contribution < 1.29 is 4.79 Å². The zero-order valence-electron chi connectivity index (χ0n) is 8.38. The molecule has 3 nitrogen and oxygen atoms in total. The molecule has 0 saturated heterocycles. The van der Waals surface area contributed by atoms with Crippen molar-refractivity contribution in [1.29, 1.82) is 0 Å². The van der Waals surface area contributed by atoms with Gasteiger partial charge < -0.3 is 10.6 Å². The van der Waals surface area contributed by atoms with E-state index in [-0.39, 0.29) is 5.91 Å². The molecule has 0 atom stereocenters. The van der Waals surface area contributed by atoms with Gasteiger partial charge in [-0.25, -0.2) is 0 Å². The van der Waals surface area contributed by atoms with Crippen molar-refractivity contribution >= 4 is 17.2 Å². The number of hydrogen-bond acceptors (Lipinski definition) is 3. The van der Waals surface area contributed by atoms with Crippen LogP contribution in [0.25, 0.3) is 0 Å². The lowest BCUT2D eigenvalue weighted by atomic mass is 10.2. The van der Waals surface area contributed by atoms with Gasteiger partial charge in [-0.3, -0.25) is 4.79 Å². The molecule has 0 aliphatic rings. The summed E-state index contributed by atoms with van der Waals surface area (Å²) in [7, 11) is 1.87. The summed E-state index contributed by atoms with van der Waals surface area (Å²) in [4.78, 5) is 11.3. The highest BCUT2D eigenvalue weighted by Gasteiger charge is 2.00. The molecule has 78 valence electrons. The molecule has 1 aromatic heterocycles. The van der Waals surface area contributed by atoms with E-state index in [0.717, 1.165) is 13.0 Å². The quantitative estimate of drug-likeness (QED) is 0.691. The summed E-state index contributed by atoms with van der Waals surface area (Å²) < 4.78 is 0. The number of thiophene rings is 1. The molecule has 0 bridgehead atoms. The van der Waals surface area contributed by atoms with Gasteiger partial charge in [-0.2, -0.15) is 11.3 Å².